The van der Waals surface area contributed by atoms with Gasteiger partial charge in [-0.05, 0) is 53.3 Å². The highest BCUT2D eigenvalue weighted by molar-refractivity contribution is 7.10. The molecule has 0 radical (unpaired) electrons. The molecule has 8 heteroatoms. The van der Waals surface area contributed by atoms with Gasteiger partial charge in [-0.15, -0.1) is 11.3 Å². The number of amides is 3. The lowest BCUT2D eigenvalue weighted by Gasteiger charge is -2.37. The van der Waals surface area contributed by atoms with E-state index in [2.05, 4.69) is 0 Å². The maximum atomic E-state index is 13.5. The van der Waals surface area contributed by atoms with Crippen LogP contribution >= 0.6 is 11.3 Å². The van der Waals surface area contributed by atoms with Crippen molar-refractivity contribution in [2.24, 2.45) is 0 Å². The van der Waals surface area contributed by atoms with Crippen molar-refractivity contribution in [3.05, 3.63) is 81.0 Å². The first-order valence-electron chi connectivity index (χ1n) is 11.1. The van der Waals surface area contributed by atoms with Crippen molar-refractivity contribution < 1.29 is 23.9 Å². The second-order valence-electron chi connectivity index (χ2n) is 8.22. The number of rotatable bonds is 6. The second kappa shape index (κ2) is 8.95. The fourth-order valence-electron chi connectivity index (χ4n) is 4.76. The normalized spacial score (nSPS) is 16.9. The first kappa shape index (κ1) is 22.2. The minimum Gasteiger partial charge on any atom is -0.493 e. The first-order valence-corrected chi connectivity index (χ1v) is 11.9. The van der Waals surface area contributed by atoms with Crippen LogP contribution in [0.15, 0.2) is 53.9 Å². The van der Waals surface area contributed by atoms with Crippen molar-refractivity contribution in [1.82, 2.24) is 9.80 Å². The molecule has 2 aromatic carbocycles. The van der Waals surface area contributed by atoms with Crippen molar-refractivity contribution in [3.63, 3.8) is 0 Å². The number of carbonyl (C=O) groups is 3. The standard InChI is InChI=1S/C26H24N2O5S/c1-32-20-14-16-9-11-27(24(22-8-5-13-34-22)19(16)15-21(20)33-2)23(29)10-12-28-25(30)17-6-3-4-7-18(17)26(28)31/h3-8,13-15,24H,9-12H2,1-2H3/t24-/m0/s1. The zero-order valence-corrected chi connectivity index (χ0v) is 19.8. The van der Waals surface area contributed by atoms with E-state index in [1.807, 2.05) is 34.5 Å². The summed E-state index contributed by atoms with van der Waals surface area (Å²) in [6.45, 7) is 0.587. The lowest BCUT2D eigenvalue weighted by atomic mass is 9.90. The van der Waals surface area contributed by atoms with Crippen LogP contribution in [0.1, 0.15) is 49.2 Å². The summed E-state index contributed by atoms with van der Waals surface area (Å²) in [5.41, 5.74) is 2.90. The molecule has 1 atom stereocenters. The maximum absolute atomic E-state index is 13.5. The molecule has 1 aromatic heterocycles. The van der Waals surface area contributed by atoms with Gasteiger partial charge in [0.1, 0.15) is 0 Å². The molecule has 3 aromatic rings. The number of methoxy groups -OCH3 is 2. The van der Waals surface area contributed by atoms with Crippen LogP contribution in [0, 0.1) is 0 Å². The van der Waals surface area contributed by atoms with Crippen LogP contribution in [0.2, 0.25) is 0 Å². The van der Waals surface area contributed by atoms with Crippen LogP contribution in [-0.4, -0.2) is 54.8 Å². The quantitative estimate of drug-likeness (QED) is 0.504. The summed E-state index contributed by atoms with van der Waals surface area (Å²) in [4.78, 5) is 42.9. The van der Waals surface area contributed by atoms with Crippen LogP contribution in [-0.2, 0) is 11.2 Å². The van der Waals surface area contributed by atoms with Crippen LogP contribution in [0.4, 0.5) is 0 Å². The molecule has 5 rings (SSSR count). The highest BCUT2D eigenvalue weighted by atomic mass is 32.1. The van der Waals surface area contributed by atoms with E-state index in [4.69, 9.17) is 9.47 Å². The van der Waals surface area contributed by atoms with Crippen LogP contribution < -0.4 is 9.47 Å². The fourth-order valence-corrected chi connectivity index (χ4v) is 5.62. The maximum Gasteiger partial charge on any atom is 0.261 e. The lowest BCUT2D eigenvalue weighted by Crippen LogP contribution is -2.42. The number of hydrogen-bond donors (Lipinski definition) is 0. The Bertz CT molecular complexity index is 1240. The van der Waals surface area contributed by atoms with Crippen molar-refractivity contribution in [3.8, 4) is 11.5 Å². The molecule has 3 heterocycles. The third-order valence-electron chi connectivity index (χ3n) is 6.43. The van der Waals surface area contributed by atoms with Gasteiger partial charge in [-0.1, -0.05) is 18.2 Å². The molecular formula is C26H24N2O5S. The number of benzene rings is 2. The molecule has 3 amide bonds. The molecule has 0 aliphatic carbocycles. The molecule has 0 saturated heterocycles. The van der Waals surface area contributed by atoms with E-state index in [9.17, 15) is 14.4 Å². The number of carbonyl (C=O) groups excluding carboxylic acids is 3. The average molecular weight is 477 g/mol. The molecule has 34 heavy (non-hydrogen) atoms. The molecule has 2 aliphatic rings. The van der Waals surface area contributed by atoms with Gasteiger partial charge in [0.15, 0.2) is 11.5 Å². The lowest BCUT2D eigenvalue weighted by molar-refractivity contribution is -0.133. The molecule has 0 N–H and O–H groups in total. The zero-order chi connectivity index (χ0) is 23.8. The molecule has 0 saturated carbocycles. The van der Waals surface area contributed by atoms with E-state index >= 15 is 0 Å². The van der Waals surface area contributed by atoms with Crippen LogP contribution in [0.25, 0.3) is 0 Å². The molecule has 0 fully saturated rings. The van der Waals surface area contributed by atoms with Gasteiger partial charge in [-0.3, -0.25) is 19.3 Å². The predicted octanol–water partition coefficient (Wildman–Crippen LogP) is 3.93. The Balaban J connectivity index is 1.41. The highest BCUT2D eigenvalue weighted by Crippen LogP contribution is 2.42. The largest absolute Gasteiger partial charge is 0.493 e. The topological polar surface area (TPSA) is 76.2 Å². The van der Waals surface area contributed by atoms with E-state index in [0.29, 0.717) is 35.6 Å². The average Bonchev–Trinajstić information content (AvgIpc) is 3.48. The Morgan fingerprint density at radius 2 is 1.68 bits per heavy atom. The summed E-state index contributed by atoms with van der Waals surface area (Å²) >= 11 is 1.59. The summed E-state index contributed by atoms with van der Waals surface area (Å²) < 4.78 is 11.0. The number of hydrogen-bond acceptors (Lipinski definition) is 6. The number of nitrogens with zero attached hydrogens (tertiary/aromatic N) is 2. The zero-order valence-electron chi connectivity index (χ0n) is 18.9. The van der Waals surface area contributed by atoms with Gasteiger partial charge in [0.2, 0.25) is 5.91 Å². The van der Waals surface area contributed by atoms with Crippen LogP contribution in [0.5, 0.6) is 11.5 Å². The summed E-state index contributed by atoms with van der Waals surface area (Å²) in [7, 11) is 3.21. The van der Waals surface area contributed by atoms with Gasteiger partial charge < -0.3 is 14.4 Å². The van der Waals surface area contributed by atoms with Crippen molar-refractivity contribution >= 4 is 29.1 Å². The Labute approximate surface area is 201 Å². The monoisotopic (exact) mass is 476 g/mol. The minimum atomic E-state index is -0.343. The third-order valence-corrected chi connectivity index (χ3v) is 7.36. The Morgan fingerprint density at radius 1 is 1.00 bits per heavy atom. The van der Waals surface area contributed by atoms with Crippen molar-refractivity contribution in [2.45, 2.75) is 18.9 Å². The van der Waals surface area contributed by atoms with Gasteiger partial charge in [0.05, 0.1) is 31.4 Å². The highest BCUT2D eigenvalue weighted by Gasteiger charge is 2.37. The molecule has 0 bridgehead atoms. The van der Waals surface area contributed by atoms with Gasteiger partial charge >= 0.3 is 0 Å². The minimum absolute atomic E-state index is 0.0532. The summed E-state index contributed by atoms with van der Waals surface area (Å²) in [5, 5.41) is 1.99. The SMILES string of the molecule is COc1cc2c(cc1OC)[C@@H](c1cccs1)N(C(=O)CCN1C(=O)c3ccccc3C1=O)CC2. The molecule has 0 unspecified atom stereocenters. The fraction of sp³-hybridized carbons (Fsp3) is 0.269. The Kier molecular flexibility index (Phi) is 5.83. The van der Waals surface area contributed by atoms with Crippen molar-refractivity contribution in [2.75, 3.05) is 27.3 Å². The first-order chi connectivity index (χ1) is 16.5. The predicted molar refractivity (Wildman–Crippen MR) is 128 cm³/mol. The third kappa shape index (κ3) is 3.64. The number of ether oxygens (including phenoxy) is 2. The summed E-state index contributed by atoms with van der Waals surface area (Å²) in [6.07, 6.45) is 0.742. The molecule has 7 nitrogen and oxygen atoms in total. The Morgan fingerprint density at radius 3 is 2.29 bits per heavy atom. The molecular weight excluding hydrogens is 452 g/mol. The van der Waals surface area contributed by atoms with Crippen LogP contribution in [0.3, 0.4) is 0 Å². The van der Waals surface area contributed by atoms with E-state index in [-0.39, 0.29) is 36.7 Å². The van der Waals surface area contributed by atoms with E-state index < -0.39 is 0 Å². The van der Waals surface area contributed by atoms with Crippen molar-refractivity contribution in [1.29, 1.82) is 0 Å². The van der Waals surface area contributed by atoms with Gasteiger partial charge in [0.25, 0.3) is 11.8 Å². The van der Waals surface area contributed by atoms with E-state index in [1.165, 1.54) is 4.90 Å². The number of imide groups is 1. The number of thiophene rings is 1. The van der Waals surface area contributed by atoms with E-state index in [1.54, 1.807) is 49.8 Å². The van der Waals surface area contributed by atoms with Gasteiger partial charge in [0, 0.05) is 24.4 Å². The summed E-state index contributed by atoms with van der Waals surface area (Å²) in [5.74, 6) is 0.489. The van der Waals surface area contributed by atoms with E-state index in [0.717, 1.165) is 16.0 Å². The summed E-state index contributed by atoms with van der Waals surface area (Å²) in [6, 6.07) is 14.4. The molecule has 174 valence electrons. The molecule has 0 spiro atoms. The second-order valence-corrected chi connectivity index (χ2v) is 9.20. The smallest absolute Gasteiger partial charge is 0.261 e. The van der Waals surface area contributed by atoms with Gasteiger partial charge in [-0.2, -0.15) is 0 Å². The van der Waals surface area contributed by atoms with Gasteiger partial charge in [-0.25, -0.2) is 0 Å². The molecule has 2 aliphatic heterocycles. The number of fused-ring (bicyclic) bond motifs is 2. The Hall–Kier alpha value is -3.65.